The molecule has 2 N–H and O–H groups in total. The molecule has 0 aliphatic rings. The maximum absolute atomic E-state index is 11.9. The molecule has 0 fully saturated rings. The minimum Gasteiger partial charge on any atom is -0.478 e. The van der Waals surface area contributed by atoms with Crippen LogP contribution in [0.1, 0.15) is 20.7 Å². The van der Waals surface area contributed by atoms with Crippen LogP contribution in [0.4, 0.5) is 0 Å². The van der Waals surface area contributed by atoms with E-state index in [1.165, 1.54) is 12.1 Å². The molecular weight excluding hydrogens is 328 g/mol. The molecular formula is C22H12O4. The van der Waals surface area contributed by atoms with Gasteiger partial charge in [-0.1, -0.05) is 48.5 Å². The quantitative estimate of drug-likeness (QED) is 0.345. The maximum Gasteiger partial charge on any atom is 0.336 e. The number of fused-ring (bicyclic) bond motifs is 3. The van der Waals surface area contributed by atoms with Gasteiger partial charge < -0.3 is 10.2 Å². The first-order chi connectivity index (χ1) is 12.6. The van der Waals surface area contributed by atoms with Crippen molar-refractivity contribution in [3.8, 4) is 0 Å². The van der Waals surface area contributed by atoms with Gasteiger partial charge in [0.2, 0.25) is 0 Å². The van der Waals surface area contributed by atoms with E-state index in [1.54, 1.807) is 0 Å². The van der Waals surface area contributed by atoms with E-state index >= 15 is 0 Å². The fourth-order valence-corrected chi connectivity index (χ4v) is 4.09. The number of carboxylic acid groups (broad SMARTS) is 2. The number of hydrogen-bond donors (Lipinski definition) is 2. The van der Waals surface area contributed by atoms with Crippen LogP contribution in [-0.2, 0) is 0 Å². The zero-order valence-electron chi connectivity index (χ0n) is 13.5. The molecule has 0 spiro atoms. The highest BCUT2D eigenvalue weighted by Crippen LogP contribution is 2.42. The molecule has 0 aromatic heterocycles. The van der Waals surface area contributed by atoms with Gasteiger partial charge in [0.15, 0.2) is 0 Å². The zero-order chi connectivity index (χ0) is 18.0. The second kappa shape index (κ2) is 4.92. The van der Waals surface area contributed by atoms with Gasteiger partial charge in [-0.15, -0.1) is 0 Å². The van der Waals surface area contributed by atoms with Gasteiger partial charge >= 0.3 is 11.9 Å². The fraction of sp³-hybridized carbons (Fsp3) is 0. The number of rotatable bonds is 2. The number of carbonyl (C=O) groups is 2. The Morgan fingerprint density at radius 2 is 0.962 bits per heavy atom. The van der Waals surface area contributed by atoms with Crippen LogP contribution in [0.5, 0.6) is 0 Å². The molecule has 0 bridgehead atoms. The SMILES string of the molecule is O=C(O)c1ccc(C(=O)O)c2c3cccc4ccc5cccc(c12)c5c43. The summed E-state index contributed by atoms with van der Waals surface area (Å²) < 4.78 is 0. The van der Waals surface area contributed by atoms with Gasteiger partial charge in [-0.25, -0.2) is 9.59 Å². The lowest BCUT2D eigenvalue weighted by Crippen LogP contribution is -2.04. The number of carboxylic acids is 2. The van der Waals surface area contributed by atoms with Crippen LogP contribution in [0.2, 0.25) is 0 Å². The first-order valence-electron chi connectivity index (χ1n) is 8.16. The zero-order valence-corrected chi connectivity index (χ0v) is 13.5. The molecule has 0 radical (unpaired) electrons. The van der Waals surface area contributed by atoms with Crippen molar-refractivity contribution in [2.24, 2.45) is 0 Å². The summed E-state index contributed by atoms with van der Waals surface area (Å²) in [6.45, 7) is 0. The molecule has 0 unspecified atom stereocenters. The lowest BCUT2D eigenvalue weighted by atomic mass is 9.86. The third-order valence-electron chi connectivity index (χ3n) is 5.09. The highest BCUT2D eigenvalue weighted by atomic mass is 16.4. The molecule has 5 rings (SSSR count). The van der Waals surface area contributed by atoms with E-state index in [0.717, 1.165) is 32.3 Å². The summed E-state index contributed by atoms with van der Waals surface area (Å²) in [6, 6.07) is 18.3. The molecule has 0 heterocycles. The summed E-state index contributed by atoms with van der Waals surface area (Å²) in [7, 11) is 0. The van der Waals surface area contributed by atoms with Crippen molar-refractivity contribution in [3.63, 3.8) is 0 Å². The highest BCUT2D eigenvalue weighted by molar-refractivity contribution is 6.37. The molecule has 5 aromatic carbocycles. The third-order valence-corrected chi connectivity index (χ3v) is 5.09. The molecule has 4 nitrogen and oxygen atoms in total. The Morgan fingerprint density at radius 1 is 0.538 bits per heavy atom. The largest absolute Gasteiger partial charge is 0.478 e. The summed E-state index contributed by atoms with van der Waals surface area (Å²) in [5, 5.41) is 25.9. The van der Waals surface area contributed by atoms with Crippen LogP contribution >= 0.6 is 0 Å². The van der Waals surface area contributed by atoms with Crippen LogP contribution in [0.3, 0.4) is 0 Å². The molecule has 0 saturated heterocycles. The summed E-state index contributed by atoms with van der Waals surface area (Å²) in [5.41, 5.74) is 0.230. The predicted molar refractivity (Wildman–Crippen MR) is 102 cm³/mol. The minimum absolute atomic E-state index is 0.115. The molecule has 26 heavy (non-hydrogen) atoms. The Morgan fingerprint density at radius 3 is 1.35 bits per heavy atom. The van der Waals surface area contributed by atoms with E-state index in [0.29, 0.717) is 10.8 Å². The first kappa shape index (κ1) is 14.7. The Kier molecular flexibility index (Phi) is 2.78. The number of aromatic carboxylic acids is 2. The molecule has 0 saturated carbocycles. The summed E-state index contributed by atoms with van der Waals surface area (Å²) in [6.07, 6.45) is 0. The Hall–Kier alpha value is -3.66. The standard InChI is InChI=1S/C22H12O4/c23-21(24)15-9-10-16(22(25)26)20-14-6-2-4-12-8-7-11-3-1-5-13(19(15)20)17(11)18(12)14/h1-10H,(H,23,24)(H,25,26). The Bertz CT molecular complexity index is 1280. The van der Waals surface area contributed by atoms with E-state index in [-0.39, 0.29) is 11.1 Å². The average molecular weight is 340 g/mol. The van der Waals surface area contributed by atoms with Crippen molar-refractivity contribution in [2.45, 2.75) is 0 Å². The number of benzene rings is 5. The fourth-order valence-electron chi connectivity index (χ4n) is 4.09. The highest BCUT2D eigenvalue weighted by Gasteiger charge is 2.22. The normalized spacial score (nSPS) is 11.7. The molecule has 124 valence electrons. The third kappa shape index (κ3) is 1.73. The van der Waals surface area contributed by atoms with Crippen molar-refractivity contribution in [2.75, 3.05) is 0 Å². The van der Waals surface area contributed by atoms with E-state index in [2.05, 4.69) is 0 Å². The van der Waals surface area contributed by atoms with Crippen LogP contribution in [0.25, 0.3) is 43.1 Å². The van der Waals surface area contributed by atoms with E-state index in [1.807, 2.05) is 48.5 Å². The van der Waals surface area contributed by atoms with Crippen LogP contribution in [0.15, 0.2) is 60.7 Å². The van der Waals surface area contributed by atoms with Gasteiger partial charge in [0.25, 0.3) is 0 Å². The topological polar surface area (TPSA) is 74.6 Å². The van der Waals surface area contributed by atoms with E-state index < -0.39 is 11.9 Å². The Balaban J connectivity index is 2.27. The van der Waals surface area contributed by atoms with Crippen molar-refractivity contribution >= 4 is 55.0 Å². The monoisotopic (exact) mass is 340 g/mol. The first-order valence-corrected chi connectivity index (χ1v) is 8.16. The van der Waals surface area contributed by atoms with Gasteiger partial charge in [-0.05, 0) is 44.5 Å². The van der Waals surface area contributed by atoms with Gasteiger partial charge in [-0.3, -0.25) is 0 Å². The van der Waals surface area contributed by atoms with Crippen LogP contribution < -0.4 is 0 Å². The molecule has 0 aliphatic heterocycles. The second-order valence-corrected chi connectivity index (χ2v) is 6.39. The second-order valence-electron chi connectivity index (χ2n) is 6.39. The van der Waals surface area contributed by atoms with Crippen molar-refractivity contribution < 1.29 is 19.8 Å². The Labute approximate surface area is 147 Å². The van der Waals surface area contributed by atoms with Crippen LogP contribution in [-0.4, -0.2) is 22.2 Å². The lowest BCUT2D eigenvalue weighted by molar-refractivity contribution is 0.0684. The average Bonchev–Trinajstić information content (AvgIpc) is 2.65. The molecule has 0 aliphatic carbocycles. The molecule has 0 amide bonds. The van der Waals surface area contributed by atoms with Crippen molar-refractivity contribution in [1.82, 2.24) is 0 Å². The van der Waals surface area contributed by atoms with Gasteiger partial charge in [-0.2, -0.15) is 0 Å². The van der Waals surface area contributed by atoms with Crippen molar-refractivity contribution in [3.05, 3.63) is 71.8 Å². The molecule has 4 heteroatoms. The summed E-state index contributed by atoms with van der Waals surface area (Å²) >= 11 is 0. The minimum atomic E-state index is -1.07. The molecule has 0 atom stereocenters. The number of hydrogen-bond acceptors (Lipinski definition) is 2. The van der Waals surface area contributed by atoms with E-state index in [9.17, 15) is 19.8 Å². The van der Waals surface area contributed by atoms with Gasteiger partial charge in [0.05, 0.1) is 11.1 Å². The van der Waals surface area contributed by atoms with Gasteiger partial charge in [0.1, 0.15) is 0 Å². The summed E-state index contributed by atoms with van der Waals surface area (Å²) in [4.78, 5) is 23.8. The lowest BCUT2D eigenvalue weighted by Gasteiger charge is -2.17. The summed E-state index contributed by atoms with van der Waals surface area (Å²) in [5.74, 6) is -2.14. The van der Waals surface area contributed by atoms with E-state index in [4.69, 9.17) is 0 Å². The van der Waals surface area contributed by atoms with Crippen molar-refractivity contribution in [1.29, 1.82) is 0 Å². The maximum atomic E-state index is 11.9. The molecule has 5 aromatic rings. The van der Waals surface area contributed by atoms with Crippen LogP contribution in [0, 0.1) is 0 Å². The smallest absolute Gasteiger partial charge is 0.336 e. The van der Waals surface area contributed by atoms with Gasteiger partial charge in [0, 0.05) is 10.8 Å². The predicted octanol–water partition coefficient (Wildman–Crippen LogP) is 5.13.